The lowest BCUT2D eigenvalue weighted by atomic mass is 10.0. The van der Waals surface area contributed by atoms with E-state index in [1.165, 1.54) is 22.3 Å². The van der Waals surface area contributed by atoms with E-state index in [9.17, 15) is 0 Å². The van der Waals surface area contributed by atoms with Gasteiger partial charge >= 0.3 is 0 Å². The van der Waals surface area contributed by atoms with Gasteiger partial charge in [0.25, 0.3) is 0 Å². The van der Waals surface area contributed by atoms with Crippen LogP contribution < -0.4 is 14.8 Å². The van der Waals surface area contributed by atoms with E-state index in [4.69, 9.17) is 9.47 Å². The van der Waals surface area contributed by atoms with E-state index in [-0.39, 0.29) is 0 Å². The van der Waals surface area contributed by atoms with E-state index in [0.717, 1.165) is 44.2 Å². The van der Waals surface area contributed by atoms with Gasteiger partial charge in [-0.3, -0.25) is 0 Å². The van der Waals surface area contributed by atoms with E-state index in [2.05, 4.69) is 35.6 Å². The zero-order valence-corrected chi connectivity index (χ0v) is 11.3. The van der Waals surface area contributed by atoms with Gasteiger partial charge in [0.2, 0.25) is 0 Å². The van der Waals surface area contributed by atoms with Crippen molar-refractivity contribution >= 4 is 0 Å². The highest BCUT2D eigenvalue weighted by Crippen LogP contribution is 2.31. The molecular weight excluding hydrogens is 250 g/mol. The molecule has 0 spiro atoms. The molecule has 0 aliphatic carbocycles. The Morgan fingerprint density at radius 2 is 1.95 bits per heavy atom. The van der Waals surface area contributed by atoms with Crippen molar-refractivity contribution < 1.29 is 9.47 Å². The number of benzene rings is 2. The lowest BCUT2D eigenvalue weighted by molar-refractivity contribution is 0.240. The fraction of sp³-hybridized carbons (Fsp3) is 0.294. The summed E-state index contributed by atoms with van der Waals surface area (Å²) in [6.45, 7) is 3.44. The Labute approximate surface area is 118 Å². The molecule has 0 radical (unpaired) electrons. The molecule has 2 aromatic carbocycles. The molecule has 102 valence electrons. The van der Waals surface area contributed by atoms with Gasteiger partial charge in [-0.2, -0.15) is 0 Å². The summed E-state index contributed by atoms with van der Waals surface area (Å²) in [7, 11) is 0. The molecule has 3 nitrogen and oxygen atoms in total. The molecule has 0 bridgehead atoms. The van der Waals surface area contributed by atoms with Gasteiger partial charge in [0.05, 0.1) is 0 Å². The van der Waals surface area contributed by atoms with Gasteiger partial charge in [0.15, 0.2) is 0 Å². The lowest BCUT2D eigenvalue weighted by Gasteiger charge is -2.23. The molecule has 0 saturated carbocycles. The second kappa shape index (κ2) is 4.84. The molecule has 0 aromatic heterocycles. The molecule has 0 atom stereocenters. The van der Waals surface area contributed by atoms with Crippen LogP contribution in [-0.2, 0) is 26.2 Å². The Kier molecular flexibility index (Phi) is 2.85. The fourth-order valence-corrected chi connectivity index (χ4v) is 2.72. The highest BCUT2D eigenvalue weighted by atomic mass is 16.5. The van der Waals surface area contributed by atoms with Crippen molar-refractivity contribution in [3.05, 3.63) is 58.7 Å². The summed E-state index contributed by atoms with van der Waals surface area (Å²) in [6, 6.07) is 12.8. The van der Waals surface area contributed by atoms with Crippen molar-refractivity contribution in [1.29, 1.82) is 0 Å². The first kappa shape index (κ1) is 11.8. The van der Waals surface area contributed by atoms with E-state index in [0.29, 0.717) is 0 Å². The molecule has 2 aromatic rings. The quantitative estimate of drug-likeness (QED) is 0.845. The van der Waals surface area contributed by atoms with Gasteiger partial charge < -0.3 is 14.8 Å². The maximum atomic E-state index is 5.38. The largest absolute Gasteiger partial charge is 0.488 e. The maximum absolute atomic E-state index is 5.38. The smallest absolute Gasteiger partial charge is 0.126 e. The predicted octanol–water partition coefficient (Wildman–Crippen LogP) is 2.80. The Morgan fingerprint density at radius 1 is 1.00 bits per heavy atom. The van der Waals surface area contributed by atoms with Crippen molar-refractivity contribution in [3.63, 3.8) is 0 Å². The zero-order valence-electron chi connectivity index (χ0n) is 11.3. The number of rotatable bonds is 5. The van der Waals surface area contributed by atoms with Crippen LogP contribution in [0.25, 0.3) is 0 Å². The summed E-state index contributed by atoms with van der Waals surface area (Å²) in [5.74, 6) is 2.09. The Morgan fingerprint density at radius 3 is 2.70 bits per heavy atom. The van der Waals surface area contributed by atoms with Crippen LogP contribution in [0.4, 0.5) is 0 Å². The molecule has 0 saturated heterocycles. The van der Waals surface area contributed by atoms with Gasteiger partial charge in [-0.15, -0.1) is 0 Å². The molecule has 0 fully saturated rings. The predicted molar refractivity (Wildman–Crippen MR) is 77.0 cm³/mol. The minimum absolute atomic E-state index is 0.762. The molecule has 2 heterocycles. The SMILES string of the molecule is c1cc(CNCCc2ccc3c(c2)CO3)c2c(c1)OC2. The standard InChI is InChI=1S/C17H17NO2/c1-2-13(15-11-20-17(15)3-1)9-18-7-6-12-4-5-16-14(8-12)10-19-16/h1-5,8,18H,6-7,9-11H2. The summed E-state index contributed by atoms with van der Waals surface area (Å²) in [6.07, 6.45) is 1.05. The first-order valence-electron chi connectivity index (χ1n) is 7.09. The van der Waals surface area contributed by atoms with Crippen LogP contribution in [-0.4, -0.2) is 6.54 Å². The molecular formula is C17H17NO2. The fourth-order valence-electron chi connectivity index (χ4n) is 2.72. The maximum Gasteiger partial charge on any atom is 0.126 e. The monoisotopic (exact) mass is 267 g/mol. The van der Waals surface area contributed by atoms with E-state index >= 15 is 0 Å². The first-order valence-corrected chi connectivity index (χ1v) is 7.09. The van der Waals surface area contributed by atoms with Gasteiger partial charge in [0.1, 0.15) is 24.7 Å². The molecule has 1 N–H and O–H groups in total. The topological polar surface area (TPSA) is 30.5 Å². The van der Waals surface area contributed by atoms with Gasteiger partial charge in [-0.05, 0) is 42.3 Å². The van der Waals surface area contributed by atoms with Crippen LogP contribution in [0.5, 0.6) is 11.5 Å². The second-order valence-corrected chi connectivity index (χ2v) is 5.34. The summed E-state index contributed by atoms with van der Waals surface area (Å²) in [5, 5.41) is 3.52. The highest BCUT2D eigenvalue weighted by Gasteiger charge is 2.17. The third-order valence-corrected chi connectivity index (χ3v) is 4.02. The number of ether oxygens (including phenoxy) is 2. The Bertz CT molecular complexity index is 651. The van der Waals surface area contributed by atoms with Gasteiger partial charge in [0, 0.05) is 17.7 Å². The third kappa shape index (κ3) is 2.04. The number of hydrogen-bond acceptors (Lipinski definition) is 3. The van der Waals surface area contributed by atoms with Crippen LogP contribution in [0.3, 0.4) is 0 Å². The third-order valence-electron chi connectivity index (χ3n) is 4.02. The van der Waals surface area contributed by atoms with Crippen molar-refractivity contribution in [3.8, 4) is 11.5 Å². The molecule has 2 aliphatic heterocycles. The number of hydrogen-bond donors (Lipinski definition) is 1. The molecule has 0 amide bonds. The summed E-state index contributed by atoms with van der Waals surface area (Å²) in [5.41, 5.74) is 5.44. The van der Waals surface area contributed by atoms with Gasteiger partial charge in [-0.25, -0.2) is 0 Å². The summed E-state index contributed by atoms with van der Waals surface area (Å²) in [4.78, 5) is 0. The molecule has 0 unspecified atom stereocenters. The van der Waals surface area contributed by atoms with Crippen molar-refractivity contribution in [2.24, 2.45) is 0 Å². The highest BCUT2D eigenvalue weighted by molar-refractivity contribution is 5.44. The normalized spacial score (nSPS) is 14.2. The van der Waals surface area contributed by atoms with Crippen LogP contribution in [0, 0.1) is 0 Å². The molecule has 20 heavy (non-hydrogen) atoms. The van der Waals surface area contributed by atoms with Crippen LogP contribution >= 0.6 is 0 Å². The van der Waals surface area contributed by atoms with Gasteiger partial charge in [-0.1, -0.05) is 18.2 Å². The summed E-state index contributed by atoms with van der Waals surface area (Å²) >= 11 is 0. The minimum Gasteiger partial charge on any atom is -0.488 e. The van der Waals surface area contributed by atoms with E-state index in [1.807, 2.05) is 6.07 Å². The lowest BCUT2D eigenvalue weighted by Crippen LogP contribution is -2.21. The zero-order chi connectivity index (χ0) is 13.4. The first-order chi connectivity index (χ1) is 9.90. The van der Waals surface area contributed by atoms with Crippen LogP contribution in [0.2, 0.25) is 0 Å². The number of nitrogens with one attached hydrogen (secondary N) is 1. The Hall–Kier alpha value is -2.00. The number of fused-ring (bicyclic) bond motifs is 2. The van der Waals surface area contributed by atoms with E-state index < -0.39 is 0 Å². The van der Waals surface area contributed by atoms with Crippen LogP contribution in [0.1, 0.15) is 22.3 Å². The van der Waals surface area contributed by atoms with Crippen molar-refractivity contribution in [2.45, 2.75) is 26.2 Å². The average Bonchev–Trinajstić information content (AvgIpc) is 2.39. The Balaban J connectivity index is 1.30. The molecule has 4 rings (SSSR count). The minimum atomic E-state index is 0.762. The molecule has 2 aliphatic rings. The summed E-state index contributed by atoms with van der Waals surface area (Å²) < 4.78 is 10.7. The second-order valence-electron chi connectivity index (χ2n) is 5.34. The van der Waals surface area contributed by atoms with Crippen molar-refractivity contribution in [2.75, 3.05) is 6.54 Å². The van der Waals surface area contributed by atoms with Crippen molar-refractivity contribution in [1.82, 2.24) is 5.32 Å². The average molecular weight is 267 g/mol. The van der Waals surface area contributed by atoms with E-state index in [1.54, 1.807) is 0 Å². The molecule has 3 heteroatoms. The van der Waals surface area contributed by atoms with Crippen LogP contribution in [0.15, 0.2) is 36.4 Å².